The molecule has 0 fully saturated rings. The molecule has 0 unspecified atom stereocenters. The van der Waals surface area contributed by atoms with Crippen molar-refractivity contribution in [3.05, 3.63) is 309 Å². The van der Waals surface area contributed by atoms with Gasteiger partial charge in [0.2, 0.25) is 0 Å². The third-order valence-electron chi connectivity index (χ3n) is 19.0. The van der Waals surface area contributed by atoms with E-state index in [0.717, 1.165) is 124 Å². The molecule has 90 heavy (non-hydrogen) atoms. The first kappa shape index (κ1) is 52.0. The minimum atomic E-state index is -2.40. The van der Waals surface area contributed by atoms with Gasteiger partial charge in [0.25, 0.3) is 13.4 Å². The summed E-state index contributed by atoms with van der Waals surface area (Å²) in [5, 5.41) is 2.78. The summed E-state index contributed by atoms with van der Waals surface area (Å²) in [4.78, 5) is 12.1. The van der Waals surface area contributed by atoms with E-state index in [1.54, 1.807) is 0 Å². The molecule has 5 aliphatic heterocycles. The van der Waals surface area contributed by atoms with Crippen LogP contribution in [0.2, 0.25) is 13.1 Å². The lowest BCUT2D eigenvalue weighted by atomic mass is 9.31. The molecule has 0 bridgehead atoms. The molecule has 0 radical (unpaired) electrons. The van der Waals surface area contributed by atoms with Crippen LogP contribution in [-0.2, 0) is 0 Å². The van der Waals surface area contributed by atoms with Gasteiger partial charge in [0.15, 0.2) is 0 Å². The minimum Gasteiger partial charge on any atom is -0.458 e. The number of hydrogen-bond acceptors (Lipinski definition) is 7. The van der Waals surface area contributed by atoms with Gasteiger partial charge in [-0.2, -0.15) is 0 Å². The first-order valence-corrected chi connectivity index (χ1v) is 34.1. The van der Waals surface area contributed by atoms with Crippen LogP contribution in [0.15, 0.2) is 309 Å². The van der Waals surface area contributed by atoms with E-state index in [1.807, 2.05) is 0 Å². The van der Waals surface area contributed by atoms with Crippen LogP contribution < -0.4 is 77.1 Å². The Bertz CT molecular complexity index is 4890. The second-order valence-electron chi connectivity index (χ2n) is 24.4. The van der Waals surface area contributed by atoms with Crippen LogP contribution in [0.5, 0.6) is 23.0 Å². The van der Waals surface area contributed by atoms with Crippen molar-refractivity contribution in [3.63, 3.8) is 0 Å². The fourth-order valence-corrected chi connectivity index (χ4v) is 18.1. The van der Waals surface area contributed by atoms with E-state index < -0.39 is 8.07 Å². The summed E-state index contributed by atoms with van der Waals surface area (Å²) in [5.41, 5.74) is 23.0. The Balaban J connectivity index is 0.922. The third kappa shape index (κ3) is 8.01. The Labute approximate surface area is 526 Å². The molecule has 13 aromatic carbocycles. The van der Waals surface area contributed by atoms with Crippen LogP contribution in [0.3, 0.4) is 0 Å². The summed E-state index contributed by atoms with van der Waals surface area (Å²) in [6.45, 7) is 4.60. The van der Waals surface area contributed by atoms with Crippen molar-refractivity contribution in [2.45, 2.75) is 13.1 Å². The Hall–Kier alpha value is -11.2. The van der Waals surface area contributed by atoms with Gasteiger partial charge in [0.1, 0.15) is 31.1 Å². The van der Waals surface area contributed by atoms with Crippen molar-refractivity contribution >= 4 is 150 Å². The molecule has 0 spiro atoms. The number of rotatable bonds is 9. The van der Waals surface area contributed by atoms with Crippen molar-refractivity contribution in [2.24, 2.45) is 0 Å². The molecule has 7 nitrogen and oxygen atoms in total. The maximum Gasteiger partial charge on any atom is 0.256 e. The van der Waals surface area contributed by atoms with Gasteiger partial charge in [0.05, 0.1) is 11.4 Å². The van der Waals surface area contributed by atoms with E-state index in [1.165, 1.54) is 27.0 Å². The summed E-state index contributed by atoms with van der Waals surface area (Å²) in [6, 6.07) is 113. The van der Waals surface area contributed by atoms with Crippen LogP contribution in [0, 0.1) is 0 Å². The molecular weight excluding hydrogens is 1110 g/mol. The van der Waals surface area contributed by atoms with Crippen LogP contribution in [-0.4, -0.2) is 21.5 Å². The molecule has 0 aliphatic carbocycles. The quantitative estimate of drug-likeness (QED) is 0.133. The Morgan fingerprint density at radius 3 is 1.11 bits per heavy atom. The first-order chi connectivity index (χ1) is 44.4. The lowest BCUT2D eigenvalue weighted by Crippen LogP contribution is -2.65. The van der Waals surface area contributed by atoms with Gasteiger partial charge in [-0.1, -0.05) is 189 Å². The van der Waals surface area contributed by atoms with Crippen molar-refractivity contribution in [1.29, 1.82) is 0 Å². The van der Waals surface area contributed by atoms with Gasteiger partial charge >= 0.3 is 0 Å². The lowest BCUT2D eigenvalue weighted by Gasteiger charge is -2.45. The molecule has 0 aromatic heterocycles. The van der Waals surface area contributed by atoms with E-state index in [2.05, 4.69) is 347 Å². The van der Waals surface area contributed by atoms with Crippen molar-refractivity contribution in [3.8, 4) is 23.0 Å². The predicted octanol–water partition coefficient (Wildman–Crippen LogP) is 16.0. The Kier molecular flexibility index (Phi) is 11.8. The monoisotopic (exact) mass is 1170 g/mol. The van der Waals surface area contributed by atoms with E-state index in [-0.39, 0.29) is 13.4 Å². The van der Waals surface area contributed by atoms with Crippen LogP contribution >= 0.6 is 0 Å². The highest BCUT2D eigenvalue weighted by atomic mass is 28.3. The molecule has 10 heteroatoms. The highest BCUT2D eigenvalue weighted by molar-refractivity contribution is 7.05. The summed E-state index contributed by atoms with van der Waals surface area (Å²) < 4.78 is 15.5. The van der Waals surface area contributed by atoms with Gasteiger partial charge in [-0.3, -0.25) is 0 Å². The molecule has 5 heterocycles. The standard InChI is InChI=1S/C80H57B2N5O2Si/c1-90(2)77-45-27-26-44-68(77)86(59-38-20-8-21-39-59)70-53-74-66(51-78(70)90)82-64-50-65-73(52-69(64)87(60-40-22-9-23-41-60)72-47-62(49-76(89-74)80(72)82)84(56-32-14-5-15-33-56)57-34-16-6-17-35-57)88-75-48-61(83(54-28-10-3-11-29-54)55-30-12-4-13-31-55)46-71-79(75)81(65)63-42-24-25-43-67(63)85(71)58-36-18-7-19-37-58/h3-53H,1-2H3. The molecule has 13 aromatic rings. The van der Waals surface area contributed by atoms with Gasteiger partial charge < -0.3 is 34.0 Å². The number of nitrogens with zero attached hydrogens (tertiary/aromatic N) is 5. The van der Waals surface area contributed by atoms with Gasteiger partial charge in [-0.15, -0.1) is 0 Å². The number of ether oxygens (including phenoxy) is 2. The van der Waals surface area contributed by atoms with Crippen LogP contribution in [0.25, 0.3) is 0 Å². The molecule has 0 N–H and O–H groups in total. The number of anilines is 15. The summed E-state index contributed by atoms with van der Waals surface area (Å²) in [7, 11) is -2.40. The van der Waals surface area contributed by atoms with E-state index in [4.69, 9.17) is 9.47 Å². The zero-order valence-corrected chi connectivity index (χ0v) is 50.7. The molecule has 0 amide bonds. The fourth-order valence-electron chi connectivity index (χ4n) is 15.1. The molecule has 18 rings (SSSR count). The van der Waals surface area contributed by atoms with E-state index in [9.17, 15) is 0 Å². The van der Waals surface area contributed by atoms with Crippen LogP contribution in [0.1, 0.15) is 0 Å². The van der Waals surface area contributed by atoms with Crippen molar-refractivity contribution in [2.75, 3.05) is 24.5 Å². The molecule has 0 atom stereocenters. The summed E-state index contributed by atoms with van der Waals surface area (Å²) in [6.07, 6.45) is 0. The fraction of sp³-hybridized carbons (Fsp3) is 0.0250. The molecule has 5 aliphatic rings. The second-order valence-corrected chi connectivity index (χ2v) is 28.7. The summed E-state index contributed by atoms with van der Waals surface area (Å²) >= 11 is 0. The van der Waals surface area contributed by atoms with Crippen LogP contribution in [0.4, 0.5) is 85.3 Å². The molecule has 0 saturated carbocycles. The zero-order chi connectivity index (χ0) is 59.6. The zero-order valence-electron chi connectivity index (χ0n) is 49.7. The maximum atomic E-state index is 7.75. The molecular formula is C80H57B2N5O2Si. The average molecular weight is 1170 g/mol. The van der Waals surface area contributed by atoms with Crippen molar-refractivity contribution in [1.82, 2.24) is 0 Å². The van der Waals surface area contributed by atoms with Crippen molar-refractivity contribution < 1.29 is 9.47 Å². The predicted molar refractivity (Wildman–Crippen MR) is 379 cm³/mol. The largest absolute Gasteiger partial charge is 0.458 e. The topological polar surface area (TPSA) is 34.7 Å². The lowest BCUT2D eigenvalue weighted by molar-refractivity contribution is 0.487. The number of fused-ring (bicyclic) bond motifs is 10. The SMILES string of the molecule is C[Si]1(C)c2ccccc2N(c2ccccc2)c2cc3c(cc21)B1c2cc4c(cc2N(c2ccccc2)c2cc(N(c5ccccc5)c5ccccc5)cc(c21)O3)Oc1cc(N(c2ccccc2)c2ccccc2)cc2c1B4c1ccccc1N2c1ccccc1. The minimum absolute atomic E-state index is 0.194. The van der Waals surface area contributed by atoms with Gasteiger partial charge in [-0.05, 0) is 152 Å². The molecule has 0 saturated heterocycles. The smallest absolute Gasteiger partial charge is 0.256 e. The second kappa shape index (κ2) is 20.5. The Morgan fingerprint density at radius 1 is 0.267 bits per heavy atom. The first-order valence-electron chi connectivity index (χ1n) is 31.1. The number of para-hydroxylation sites is 9. The maximum absolute atomic E-state index is 7.75. The molecule has 424 valence electrons. The number of benzene rings is 13. The highest BCUT2D eigenvalue weighted by Crippen LogP contribution is 2.51. The highest BCUT2D eigenvalue weighted by Gasteiger charge is 2.49. The van der Waals surface area contributed by atoms with E-state index >= 15 is 0 Å². The van der Waals surface area contributed by atoms with E-state index in [0.29, 0.717) is 0 Å². The average Bonchev–Trinajstić information content (AvgIpc) is 0.727. The summed E-state index contributed by atoms with van der Waals surface area (Å²) in [5.74, 6) is 3.31. The Morgan fingerprint density at radius 2 is 0.633 bits per heavy atom. The number of hydrogen-bond donors (Lipinski definition) is 0. The third-order valence-corrected chi connectivity index (χ3v) is 22.5. The normalized spacial score (nSPS) is 13.8. The van der Waals surface area contributed by atoms with Gasteiger partial charge in [-0.25, -0.2) is 0 Å². The van der Waals surface area contributed by atoms with Gasteiger partial charge in [0, 0.05) is 98.2 Å².